The van der Waals surface area contributed by atoms with E-state index < -0.39 is 10.1 Å². The fraction of sp³-hybridized carbons (Fsp3) is 0. The van der Waals surface area contributed by atoms with Crippen molar-refractivity contribution in [1.82, 2.24) is 9.78 Å². The summed E-state index contributed by atoms with van der Waals surface area (Å²) >= 11 is 0. The van der Waals surface area contributed by atoms with Crippen LogP contribution in [0.15, 0.2) is 47.6 Å². The highest BCUT2D eigenvalue weighted by Gasteiger charge is 2.16. The Morgan fingerprint density at radius 2 is 1.80 bits per heavy atom. The molecule has 0 saturated carbocycles. The Kier molecular flexibility index (Phi) is 2.29. The minimum atomic E-state index is -4.24. The van der Waals surface area contributed by atoms with Gasteiger partial charge in [-0.25, -0.2) is 4.68 Å². The van der Waals surface area contributed by atoms with E-state index in [2.05, 4.69) is 5.10 Å². The molecular weight excluding hydrogens is 216 g/mol. The summed E-state index contributed by atoms with van der Waals surface area (Å²) in [5.41, 5.74) is 0.579. The number of nitrogens with zero attached hydrogens (tertiary/aromatic N) is 2. The van der Waals surface area contributed by atoms with Crippen molar-refractivity contribution in [3.05, 3.63) is 42.6 Å². The third kappa shape index (κ3) is 1.90. The third-order valence-corrected chi connectivity index (χ3v) is 2.71. The van der Waals surface area contributed by atoms with Crippen LogP contribution in [0.25, 0.3) is 5.69 Å². The fourth-order valence-corrected chi connectivity index (χ4v) is 1.85. The van der Waals surface area contributed by atoms with E-state index in [-0.39, 0.29) is 5.03 Å². The van der Waals surface area contributed by atoms with Crippen molar-refractivity contribution in [3.63, 3.8) is 0 Å². The highest BCUT2D eigenvalue weighted by Crippen LogP contribution is 2.13. The Morgan fingerprint density at radius 3 is 2.40 bits per heavy atom. The normalized spacial score (nSPS) is 11.5. The van der Waals surface area contributed by atoms with Crippen molar-refractivity contribution < 1.29 is 13.0 Å². The molecule has 0 aliphatic rings. The molecule has 0 atom stereocenters. The number of benzene rings is 1. The molecule has 0 saturated heterocycles. The summed E-state index contributed by atoms with van der Waals surface area (Å²) in [6.07, 6.45) is 1.32. The lowest BCUT2D eigenvalue weighted by Gasteiger charge is -2.03. The van der Waals surface area contributed by atoms with Crippen LogP contribution >= 0.6 is 0 Å². The molecule has 0 unspecified atom stereocenters. The van der Waals surface area contributed by atoms with Crippen LogP contribution in [0.5, 0.6) is 0 Å². The molecule has 0 aliphatic heterocycles. The van der Waals surface area contributed by atoms with Gasteiger partial charge in [0, 0.05) is 0 Å². The Bertz CT molecular complexity index is 560. The molecule has 5 nitrogen and oxygen atoms in total. The summed E-state index contributed by atoms with van der Waals surface area (Å²) < 4.78 is 32.1. The number of hydrogen-bond donors (Lipinski definition) is 1. The molecular formula is C9H8N2O3S. The molecule has 78 valence electrons. The van der Waals surface area contributed by atoms with Gasteiger partial charge in [0.25, 0.3) is 0 Å². The second-order valence-corrected chi connectivity index (χ2v) is 4.26. The summed E-state index contributed by atoms with van der Waals surface area (Å²) in [6.45, 7) is 0. The molecule has 6 heteroatoms. The van der Waals surface area contributed by atoms with Crippen LogP contribution in [0.3, 0.4) is 0 Å². The maximum atomic E-state index is 11.0. The smallest absolute Gasteiger partial charge is 0.281 e. The van der Waals surface area contributed by atoms with Gasteiger partial charge in [0.05, 0.1) is 11.9 Å². The van der Waals surface area contributed by atoms with Crippen molar-refractivity contribution in [3.8, 4) is 5.69 Å². The van der Waals surface area contributed by atoms with Gasteiger partial charge in [-0.3, -0.25) is 4.55 Å². The van der Waals surface area contributed by atoms with Crippen molar-refractivity contribution in [1.29, 1.82) is 0 Å². The van der Waals surface area contributed by atoms with E-state index in [1.807, 2.05) is 0 Å². The first-order chi connectivity index (χ1) is 7.09. The largest absolute Gasteiger partial charge is 0.312 e. The lowest BCUT2D eigenvalue weighted by molar-refractivity contribution is 0.474. The highest BCUT2D eigenvalue weighted by atomic mass is 32.2. The molecule has 1 aromatic heterocycles. The monoisotopic (exact) mass is 224 g/mol. The van der Waals surface area contributed by atoms with Crippen molar-refractivity contribution in [2.24, 2.45) is 0 Å². The van der Waals surface area contributed by atoms with Gasteiger partial charge in [-0.05, 0) is 18.2 Å². The summed E-state index contributed by atoms with van der Waals surface area (Å²) in [7, 11) is -4.24. The standard InChI is InChI=1S/C9H8N2O3S/c12-15(13,14)9-6-7-10-11(9)8-4-2-1-3-5-8/h1-7H,(H,12,13,14). The van der Waals surface area contributed by atoms with Crippen LogP contribution in [-0.4, -0.2) is 22.8 Å². The fourth-order valence-electron chi connectivity index (χ4n) is 1.25. The van der Waals surface area contributed by atoms with Crippen LogP contribution < -0.4 is 0 Å². The Balaban J connectivity index is 2.61. The Labute approximate surface area is 86.7 Å². The predicted molar refractivity (Wildman–Crippen MR) is 53.4 cm³/mol. The number of aromatic nitrogens is 2. The molecule has 1 heterocycles. The van der Waals surface area contributed by atoms with Gasteiger partial charge in [-0.15, -0.1) is 0 Å². The van der Waals surface area contributed by atoms with Gasteiger partial charge in [-0.2, -0.15) is 13.5 Å². The molecule has 1 N–H and O–H groups in total. The quantitative estimate of drug-likeness (QED) is 0.776. The van der Waals surface area contributed by atoms with Gasteiger partial charge >= 0.3 is 10.1 Å². The van der Waals surface area contributed by atoms with Crippen LogP contribution in [0.2, 0.25) is 0 Å². The average molecular weight is 224 g/mol. The van der Waals surface area contributed by atoms with Crippen LogP contribution in [0.1, 0.15) is 0 Å². The van der Waals surface area contributed by atoms with Crippen molar-refractivity contribution in [2.75, 3.05) is 0 Å². The maximum absolute atomic E-state index is 11.0. The first-order valence-corrected chi connectivity index (χ1v) is 5.60. The van der Waals surface area contributed by atoms with Gasteiger partial charge in [0.15, 0.2) is 5.03 Å². The number of rotatable bonds is 2. The first kappa shape index (κ1) is 9.88. The lowest BCUT2D eigenvalue weighted by Crippen LogP contribution is -2.07. The van der Waals surface area contributed by atoms with E-state index >= 15 is 0 Å². The van der Waals surface area contributed by atoms with Gasteiger partial charge in [-0.1, -0.05) is 18.2 Å². The van der Waals surface area contributed by atoms with Crippen molar-refractivity contribution >= 4 is 10.1 Å². The van der Waals surface area contributed by atoms with E-state index in [4.69, 9.17) is 4.55 Å². The maximum Gasteiger partial charge on any atom is 0.312 e. The predicted octanol–water partition coefficient (Wildman–Crippen LogP) is 1.12. The summed E-state index contributed by atoms with van der Waals surface area (Å²) in [4.78, 5) is 0. The Morgan fingerprint density at radius 1 is 1.13 bits per heavy atom. The zero-order valence-electron chi connectivity index (χ0n) is 7.61. The highest BCUT2D eigenvalue weighted by molar-refractivity contribution is 7.85. The average Bonchev–Trinajstić information content (AvgIpc) is 2.67. The molecule has 0 spiro atoms. The second kappa shape index (κ2) is 3.48. The zero-order chi connectivity index (χ0) is 10.9. The molecule has 2 aromatic rings. The molecule has 0 bridgehead atoms. The summed E-state index contributed by atoms with van der Waals surface area (Å²) in [5, 5.41) is 3.59. The summed E-state index contributed by atoms with van der Waals surface area (Å²) in [6, 6.07) is 9.95. The van der Waals surface area contributed by atoms with Gasteiger partial charge in [0.2, 0.25) is 0 Å². The molecule has 0 radical (unpaired) electrons. The van der Waals surface area contributed by atoms with E-state index in [0.717, 1.165) is 4.68 Å². The molecule has 2 rings (SSSR count). The number of hydrogen-bond acceptors (Lipinski definition) is 3. The van der Waals surface area contributed by atoms with Gasteiger partial charge in [0.1, 0.15) is 0 Å². The summed E-state index contributed by atoms with van der Waals surface area (Å²) in [5.74, 6) is 0. The molecule has 15 heavy (non-hydrogen) atoms. The van der Waals surface area contributed by atoms with Crippen LogP contribution in [0.4, 0.5) is 0 Å². The van der Waals surface area contributed by atoms with E-state index in [0.29, 0.717) is 5.69 Å². The molecule has 1 aromatic carbocycles. The lowest BCUT2D eigenvalue weighted by atomic mass is 10.3. The zero-order valence-corrected chi connectivity index (χ0v) is 8.42. The van der Waals surface area contributed by atoms with E-state index in [9.17, 15) is 8.42 Å². The molecule has 0 aliphatic carbocycles. The van der Waals surface area contributed by atoms with Crippen molar-refractivity contribution in [2.45, 2.75) is 5.03 Å². The van der Waals surface area contributed by atoms with E-state index in [1.54, 1.807) is 30.3 Å². The van der Waals surface area contributed by atoms with Crippen LogP contribution in [-0.2, 0) is 10.1 Å². The Hall–Kier alpha value is -1.66. The third-order valence-electron chi connectivity index (χ3n) is 1.87. The topological polar surface area (TPSA) is 72.2 Å². The molecule has 0 amide bonds. The minimum absolute atomic E-state index is 0.242. The van der Waals surface area contributed by atoms with Gasteiger partial charge < -0.3 is 0 Å². The first-order valence-electron chi connectivity index (χ1n) is 4.16. The minimum Gasteiger partial charge on any atom is -0.281 e. The second-order valence-electron chi connectivity index (χ2n) is 2.89. The van der Waals surface area contributed by atoms with Crippen LogP contribution in [0, 0.1) is 0 Å². The number of para-hydroxylation sites is 1. The van der Waals surface area contributed by atoms with E-state index in [1.165, 1.54) is 12.3 Å². The molecule has 0 fully saturated rings. The SMILES string of the molecule is O=S(=O)(O)c1ccnn1-c1ccccc1.